The summed E-state index contributed by atoms with van der Waals surface area (Å²) >= 11 is 0. The van der Waals surface area contributed by atoms with Crippen LogP contribution >= 0.6 is 0 Å². The number of ether oxygens (including phenoxy) is 1. The van der Waals surface area contributed by atoms with Crippen molar-refractivity contribution in [3.8, 4) is 0 Å². The van der Waals surface area contributed by atoms with Crippen molar-refractivity contribution in [2.75, 3.05) is 13.6 Å². The van der Waals surface area contributed by atoms with Crippen molar-refractivity contribution in [2.45, 2.75) is 69.2 Å². The summed E-state index contributed by atoms with van der Waals surface area (Å²) in [5.74, 6) is -0.561. The molecule has 2 aliphatic rings. The quantitative estimate of drug-likeness (QED) is 0.545. The smallest absolute Gasteiger partial charge is 0.347 e. The summed E-state index contributed by atoms with van der Waals surface area (Å²) in [4.78, 5) is 13.4. The van der Waals surface area contributed by atoms with Gasteiger partial charge in [0.05, 0.1) is 25.7 Å². The molecular weight excluding hydrogens is 374 g/mol. The number of benzene rings is 2. The van der Waals surface area contributed by atoms with E-state index in [-0.39, 0.29) is 6.10 Å². The third-order valence-corrected chi connectivity index (χ3v) is 7.52. The minimum Gasteiger partial charge on any atom is -0.459 e. The summed E-state index contributed by atoms with van der Waals surface area (Å²) in [7, 11) is 2.39. The average Bonchev–Trinajstić information content (AvgIpc) is 2.94. The molecule has 2 heterocycles. The van der Waals surface area contributed by atoms with Crippen LogP contribution < -0.4 is 0 Å². The molecule has 30 heavy (non-hydrogen) atoms. The van der Waals surface area contributed by atoms with Gasteiger partial charge in [-0.05, 0) is 17.5 Å². The maximum Gasteiger partial charge on any atom is 0.347 e. The number of nitrogens with zero attached hydrogens (tertiary/aromatic N) is 1. The average molecular weight is 409 g/mol. The fraction of sp³-hybridized carbons (Fsp3) is 0.500. The number of unbranched alkanes of at least 4 members (excludes halogenated alkanes) is 1. The van der Waals surface area contributed by atoms with Crippen LogP contribution in [0.3, 0.4) is 0 Å². The zero-order valence-corrected chi connectivity index (χ0v) is 18.2. The summed E-state index contributed by atoms with van der Waals surface area (Å²) < 4.78 is 7.17. The molecule has 0 radical (unpaired) electrons. The second-order valence-corrected chi connectivity index (χ2v) is 9.25. The number of hydrogen-bond donors (Lipinski definition) is 1. The number of esters is 1. The molecule has 4 heteroatoms. The van der Waals surface area contributed by atoms with Crippen molar-refractivity contribution in [3.63, 3.8) is 0 Å². The van der Waals surface area contributed by atoms with Gasteiger partial charge in [-0.2, -0.15) is 0 Å². The largest absolute Gasteiger partial charge is 0.459 e. The summed E-state index contributed by atoms with van der Waals surface area (Å²) in [6.07, 6.45) is 6.54. The van der Waals surface area contributed by atoms with Crippen molar-refractivity contribution < 1.29 is 19.1 Å². The van der Waals surface area contributed by atoms with Gasteiger partial charge >= 0.3 is 5.97 Å². The number of carbonyl (C=O) groups excluding carboxylic acids is 1. The third kappa shape index (κ3) is 3.67. The van der Waals surface area contributed by atoms with E-state index in [0.29, 0.717) is 23.2 Å². The Morgan fingerprint density at radius 2 is 1.50 bits per heavy atom. The highest BCUT2D eigenvalue weighted by Gasteiger charge is 2.53. The van der Waals surface area contributed by atoms with Crippen LogP contribution in [0, 0.1) is 0 Å². The number of quaternary nitrogens is 1. The number of carbonyl (C=O) groups is 1. The summed E-state index contributed by atoms with van der Waals surface area (Å²) in [5, 5.41) is 11.6. The van der Waals surface area contributed by atoms with Crippen molar-refractivity contribution in [1.82, 2.24) is 0 Å². The molecule has 1 N–H and O–H groups in total. The van der Waals surface area contributed by atoms with E-state index >= 15 is 0 Å². The van der Waals surface area contributed by atoms with Crippen LogP contribution in [-0.4, -0.2) is 47.3 Å². The van der Waals surface area contributed by atoms with E-state index in [1.807, 2.05) is 36.4 Å². The predicted octanol–water partition coefficient (Wildman–Crippen LogP) is 4.41. The van der Waals surface area contributed by atoms with Crippen LogP contribution in [0.25, 0.3) is 0 Å². The Morgan fingerprint density at radius 1 is 1.00 bits per heavy atom. The molecule has 0 aliphatic carbocycles. The van der Waals surface area contributed by atoms with E-state index in [1.54, 1.807) is 24.3 Å². The first-order valence-corrected chi connectivity index (χ1v) is 11.4. The van der Waals surface area contributed by atoms with Gasteiger partial charge in [0.15, 0.2) is 0 Å². The highest BCUT2D eigenvalue weighted by Crippen LogP contribution is 2.43. The van der Waals surface area contributed by atoms with Gasteiger partial charge in [-0.3, -0.25) is 0 Å². The molecule has 4 nitrogen and oxygen atoms in total. The lowest BCUT2D eigenvalue weighted by Crippen LogP contribution is -2.59. The highest BCUT2D eigenvalue weighted by atomic mass is 16.6. The van der Waals surface area contributed by atoms with Gasteiger partial charge in [0.25, 0.3) is 0 Å². The molecule has 2 aromatic carbocycles. The predicted molar refractivity (Wildman–Crippen MR) is 118 cm³/mol. The molecule has 160 valence electrons. The second-order valence-electron chi connectivity index (χ2n) is 9.25. The summed E-state index contributed by atoms with van der Waals surface area (Å²) in [6, 6.07) is 19.4. The number of rotatable bonds is 7. The van der Waals surface area contributed by atoms with Gasteiger partial charge in [-0.25, -0.2) is 4.79 Å². The maximum atomic E-state index is 13.4. The molecule has 0 amide bonds. The molecular formula is C26H34NO3+. The Bertz CT molecular complexity index is 798. The van der Waals surface area contributed by atoms with E-state index in [0.717, 1.165) is 17.3 Å². The van der Waals surface area contributed by atoms with Gasteiger partial charge in [-0.1, -0.05) is 74.0 Å². The monoisotopic (exact) mass is 408 g/mol. The molecule has 0 saturated carbocycles. The molecule has 2 fully saturated rings. The minimum atomic E-state index is -1.79. The van der Waals surface area contributed by atoms with Gasteiger partial charge in [-0.15, -0.1) is 0 Å². The zero-order chi connectivity index (χ0) is 21.2. The molecule has 2 unspecified atom stereocenters. The number of aliphatic hydroxyl groups is 1. The molecule has 0 spiro atoms. The van der Waals surface area contributed by atoms with Gasteiger partial charge in [0, 0.05) is 25.7 Å². The third-order valence-electron chi connectivity index (χ3n) is 7.52. The lowest BCUT2D eigenvalue weighted by Gasteiger charge is -2.47. The lowest BCUT2D eigenvalue weighted by atomic mass is 9.86. The maximum absolute atomic E-state index is 13.4. The Labute approximate surface area is 180 Å². The van der Waals surface area contributed by atoms with E-state index in [2.05, 4.69) is 14.0 Å². The fourth-order valence-electron chi connectivity index (χ4n) is 5.65. The SMILES string of the molecule is CCCC[N+]1(C)[C@@H]2CC[C@H]1CC(OC(=O)C(O)(c1ccccc1)c1ccccc1)C2. The fourth-order valence-corrected chi connectivity index (χ4v) is 5.65. The summed E-state index contributed by atoms with van der Waals surface area (Å²) in [5.41, 5.74) is -0.702. The Kier molecular flexibility index (Phi) is 5.99. The van der Waals surface area contributed by atoms with Crippen LogP contribution in [-0.2, 0) is 15.1 Å². The van der Waals surface area contributed by atoms with E-state index in [1.165, 1.54) is 32.2 Å². The number of hydrogen-bond acceptors (Lipinski definition) is 3. The number of piperidine rings is 1. The van der Waals surface area contributed by atoms with Crippen LogP contribution in [0.2, 0.25) is 0 Å². The molecule has 2 saturated heterocycles. The van der Waals surface area contributed by atoms with E-state index < -0.39 is 11.6 Å². The van der Waals surface area contributed by atoms with Crippen LogP contribution in [0.5, 0.6) is 0 Å². The number of fused-ring (bicyclic) bond motifs is 2. The molecule has 2 aromatic rings. The second kappa shape index (κ2) is 8.52. The van der Waals surface area contributed by atoms with E-state index in [9.17, 15) is 9.90 Å². The molecule has 0 aromatic heterocycles. The normalized spacial score (nSPS) is 28.3. The molecule has 4 atom stereocenters. The van der Waals surface area contributed by atoms with Gasteiger partial charge in [0.2, 0.25) is 5.60 Å². The first-order chi connectivity index (χ1) is 14.5. The topological polar surface area (TPSA) is 46.5 Å². The van der Waals surface area contributed by atoms with Crippen molar-refractivity contribution >= 4 is 5.97 Å². The lowest BCUT2D eigenvalue weighted by molar-refractivity contribution is -0.949. The van der Waals surface area contributed by atoms with Crippen molar-refractivity contribution in [1.29, 1.82) is 0 Å². The Balaban J connectivity index is 1.55. The first-order valence-electron chi connectivity index (χ1n) is 11.4. The molecule has 2 bridgehead atoms. The molecule has 2 aliphatic heterocycles. The van der Waals surface area contributed by atoms with E-state index in [4.69, 9.17) is 4.74 Å². The Hall–Kier alpha value is -2.17. The highest BCUT2D eigenvalue weighted by molar-refractivity contribution is 5.85. The summed E-state index contributed by atoms with van der Waals surface area (Å²) in [6.45, 7) is 3.46. The van der Waals surface area contributed by atoms with Crippen LogP contribution in [0.1, 0.15) is 56.6 Å². The van der Waals surface area contributed by atoms with Crippen molar-refractivity contribution in [3.05, 3.63) is 71.8 Å². The van der Waals surface area contributed by atoms with Gasteiger partial charge < -0.3 is 14.3 Å². The van der Waals surface area contributed by atoms with Crippen molar-refractivity contribution in [2.24, 2.45) is 0 Å². The van der Waals surface area contributed by atoms with Crippen LogP contribution in [0.15, 0.2) is 60.7 Å². The van der Waals surface area contributed by atoms with Gasteiger partial charge in [0.1, 0.15) is 6.10 Å². The van der Waals surface area contributed by atoms with Crippen LogP contribution in [0.4, 0.5) is 0 Å². The standard InChI is InChI=1S/C26H34NO3/c1-3-4-17-27(2)22-15-16-23(27)19-24(18-22)30-25(28)26(29,20-11-7-5-8-12-20)21-13-9-6-10-14-21/h5-14,22-24,29H,3-4,15-19H2,1-2H3/q+1/t22-,23+,24?,27?. The molecule has 4 rings (SSSR count). The first kappa shape index (κ1) is 21.1. The minimum absolute atomic E-state index is 0.123. The zero-order valence-electron chi connectivity index (χ0n) is 18.2. The Morgan fingerprint density at radius 3 is 1.97 bits per heavy atom.